The van der Waals surface area contributed by atoms with E-state index in [4.69, 9.17) is 11.6 Å². The highest BCUT2D eigenvalue weighted by Gasteiger charge is 2.23. The zero-order valence-corrected chi connectivity index (χ0v) is 19.0. The quantitative estimate of drug-likeness (QED) is 0.570. The second-order valence-electron chi connectivity index (χ2n) is 7.53. The Labute approximate surface area is 193 Å². The number of hydrogen-bond acceptors (Lipinski definition) is 2. The van der Waals surface area contributed by atoms with Crippen molar-refractivity contribution in [1.29, 1.82) is 0 Å². The molecule has 1 aromatic heterocycles. The molecule has 0 atom stereocenters. The van der Waals surface area contributed by atoms with E-state index >= 15 is 0 Å². The van der Waals surface area contributed by atoms with Crippen LogP contribution in [0.2, 0.25) is 5.02 Å². The van der Waals surface area contributed by atoms with Gasteiger partial charge in [-0.05, 0) is 47.4 Å². The molecule has 2 aliphatic heterocycles. The van der Waals surface area contributed by atoms with Crippen molar-refractivity contribution in [2.75, 3.05) is 18.0 Å². The van der Waals surface area contributed by atoms with Crippen LogP contribution in [0.25, 0.3) is 16.5 Å². The first-order valence-corrected chi connectivity index (χ1v) is 10.1. The Kier molecular flexibility index (Phi) is 6.83. The van der Waals surface area contributed by atoms with E-state index in [1.54, 1.807) is 6.08 Å². The van der Waals surface area contributed by atoms with Gasteiger partial charge in [-0.2, -0.15) is 0 Å². The predicted octanol–water partition coefficient (Wildman–Crippen LogP) is 5.14. The molecule has 0 saturated carbocycles. The summed E-state index contributed by atoms with van der Waals surface area (Å²) >= 11 is 5.98. The molecule has 4 nitrogen and oxygen atoms in total. The van der Waals surface area contributed by atoms with Crippen LogP contribution in [-0.4, -0.2) is 23.6 Å². The number of nitrogens with one attached hydrogen (secondary N) is 1. The molecule has 2 aliphatic rings. The van der Waals surface area contributed by atoms with Crippen molar-refractivity contribution in [3.63, 3.8) is 0 Å². The summed E-state index contributed by atoms with van der Waals surface area (Å²) < 4.78 is 2.29. The SMILES string of the molecule is Cl.Cl.Cn1c2c(c3ccc(N4CCC(c5ccc(Cl)cc5)=CC4=O)cc31)CNCC2. The van der Waals surface area contributed by atoms with Crippen LogP contribution < -0.4 is 10.2 Å². The summed E-state index contributed by atoms with van der Waals surface area (Å²) in [5, 5.41) is 5.46. The molecule has 1 amide bonds. The summed E-state index contributed by atoms with van der Waals surface area (Å²) in [6.45, 7) is 2.62. The van der Waals surface area contributed by atoms with Crippen LogP contribution in [0.1, 0.15) is 23.2 Å². The third kappa shape index (κ3) is 3.85. The van der Waals surface area contributed by atoms with E-state index in [2.05, 4.69) is 35.1 Å². The number of anilines is 1. The highest BCUT2D eigenvalue weighted by Crippen LogP contribution is 2.33. The van der Waals surface area contributed by atoms with Crippen molar-refractivity contribution in [3.8, 4) is 0 Å². The van der Waals surface area contributed by atoms with Gasteiger partial charge in [-0.1, -0.05) is 29.8 Å². The number of halogens is 3. The number of hydrogen-bond donors (Lipinski definition) is 1. The average Bonchev–Trinajstić information content (AvgIpc) is 3.01. The van der Waals surface area contributed by atoms with Crippen LogP contribution in [0.4, 0.5) is 5.69 Å². The van der Waals surface area contributed by atoms with Crippen LogP contribution in [0.15, 0.2) is 48.5 Å². The van der Waals surface area contributed by atoms with Gasteiger partial charge in [0, 0.05) is 61.0 Å². The third-order valence-corrected chi connectivity index (χ3v) is 6.21. The Morgan fingerprint density at radius 2 is 1.80 bits per heavy atom. The number of carbonyl (C=O) groups is 1. The van der Waals surface area contributed by atoms with Gasteiger partial charge in [-0.15, -0.1) is 24.8 Å². The van der Waals surface area contributed by atoms with Crippen LogP contribution in [0.5, 0.6) is 0 Å². The minimum atomic E-state index is 0. The van der Waals surface area contributed by atoms with Gasteiger partial charge in [0.15, 0.2) is 0 Å². The Morgan fingerprint density at radius 1 is 1.03 bits per heavy atom. The van der Waals surface area contributed by atoms with E-state index in [0.717, 1.165) is 42.8 Å². The van der Waals surface area contributed by atoms with E-state index in [9.17, 15) is 4.79 Å². The molecule has 30 heavy (non-hydrogen) atoms. The molecule has 3 aromatic rings. The molecule has 7 heteroatoms. The van der Waals surface area contributed by atoms with E-state index < -0.39 is 0 Å². The lowest BCUT2D eigenvalue weighted by Gasteiger charge is -2.27. The minimum absolute atomic E-state index is 0. The van der Waals surface area contributed by atoms with Crippen molar-refractivity contribution in [3.05, 3.63) is 70.4 Å². The highest BCUT2D eigenvalue weighted by atomic mass is 35.5. The first-order valence-electron chi connectivity index (χ1n) is 9.71. The van der Waals surface area contributed by atoms with E-state index in [-0.39, 0.29) is 30.7 Å². The minimum Gasteiger partial charge on any atom is -0.347 e. The maximum absolute atomic E-state index is 12.9. The Morgan fingerprint density at radius 3 is 2.53 bits per heavy atom. The summed E-state index contributed by atoms with van der Waals surface area (Å²) in [5.41, 5.74) is 7.10. The fourth-order valence-electron chi connectivity index (χ4n) is 4.45. The van der Waals surface area contributed by atoms with Gasteiger partial charge < -0.3 is 14.8 Å². The van der Waals surface area contributed by atoms with Gasteiger partial charge in [0.05, 0.1) is 5.52 Å². The second-order valence-corrected chi connectivity index (χ2v) is 7.97. The molecule has 0 fully saturated rings. The molecule has 0 bridgehead atoms. The van der Waals surface area contributed by atoms with Gasteiger partial charge >= 0.3 is 0 Å². The smallest absolute Gasteiger partial charge is 0.251 e. The highest BCUT2D eigenvalue weighted by molar-refractivity contribution is 6.30. The lowest BCUT2D eigenvalue weighted by atomic mass is 9.98. The number of carbonyl (C=O) groups excluding carboxylic acids is 1. The number of aryl methyl sites for hydroxylation is 1. The summed E-state index contributed by atoms with van der Waals surface area (Å²) in [4.78, 5) is 14.7. The maximum Gasteiger partial charge on any atom is 0.251 e. The lowest BCUT2D eigenvalue weighted by molar-refractivity contribution is -0.114. The first kappa shape index (κ1) is 22.7. The number of amides is 1. The standard InChI is InChI=1S/C23H22ClN3O.2ClH/c1-26-21-8-10-25-14-20(21)19-7-6-18(13-22(19)26)27-11-9-16(12-23(27)28)15-2-4-17(24)5-3-15;;/h2-7,12-13,25H,8-11,14H2,1H3;2*1H. The molecular weight excluding hydrogens is 441 g/mol. The summed E-state index contributed by atoms with van der Waals surface area (Å²) in [7, 11) is 2.13. The van der Waals surface area contributed by atoms with Crippen molar-refractivity contribution >= 4 is 64.5 Å². The fourth-order valence-corrected chi connectivity index (χ4v) is 4.58. The topological polar surface area (TPSA) is 37.3 Å². The molecule has 1 N–H and O–H groups in total. The average molecular weight is 465 g/mol. The van der Waals surface area contributed by atoms with E-state index in [1.807, 2.05) is 29.2 Å². The predicted molar refractivity (Wildman–Crippen MR) is 129 cm³/mol. The van der Waals surface area contributed by atoms with Gasteiger partial charge in [0.2, 0.25) is 0 Å². The summed E-state index contributed by atoms with van der Waals surface area (Å²) in [5.74, 6) is 0.0381. The van der Waals surface area contributed by atoms with E-state index in [0.29, 0.717) is 11.6 Å². The van der Waals surface area contributed by atoms with Gasteiger partial charge in [-0.3, -0.25) is 4.79 Å². The molecule has 158 valence electrons. The van der Waals surface area contributed by atoms with Crippen LogP contribution in [-0.2, 0) is 24.8 Å². The van der Waals surface area contributed by atoms with Crippen molar-refractivity contribution in [2.45, 2.75) is 19.4 Å². The Hall–Kier alpha value is -1.98. The van der Waals surface area contributed by atoms with Gasteiger partial charge in [0.25, 0.3) is 5.91 Å². The largest absolute Gasteiger partial charge is 0.347 e. The molecular formula is C23H24Cl3N3O. The zero-order chi connectivity index (χ0) is 19.3. The molecule has 0 unspecified atom stereocenters. The van der Waals surface area contributed by atoms with Crippen LogP contribution in [0.3, 0.4) is 0 Å². The molecule has 5 rings (SSSR count). The van der Waals surface area contributed by atoms with Crippen LogP contribution >= 0.6 is 36.4 Å². The summed E-state index contributed by atoms with van der Waals surface area (Å²) in [6, 6.07) is 14.1. The number of benzene rings is 2. The van der Waals surface area contributed by atoms with Crippen molar-refractivity contribution < 1.29 is 4.79 Å². The molecule has 0 spiro atoms. The molecule has 0 radical (unpaired) electrons. The number of rotatable bonds is 2. The summed E-state index contributed by atoms with van der Waals surface area (Å²) in [6.07, 6.45) is 3.64. The Balaban J connectivity index is 0.00000128. The first-order chi connectivity index (χ1) is 13.6. The van der Waals surface area contributed by atoms with Crippen LogP contribution in [0, 0.1) is 0 Å². The number of fused-ring (bicyclic) bond motifs is 3. The molecule has 2 aromatic carbocycles. The fraction of sp³-hybridized carbons (Fsp3) is 0.261. The lowest BCUT2D eigenvalue weighted by Crippen LogP contribution is -2.33. The molecule has 3 heterocycles. The maximum atomic E-state index is 12.9. The van der Waals surface area contributed by atoms with E-state index in [1.165, 1.54) is 22.2 Å². The van der Waals surface area contributed by atoms with Crippen molar-refractivity contribution in [2.24, 2.45) is 7.05 Å². The number of nitrogens with zero attached hydrogens (tertiary/aromatic N) is 2. The van der Waals surface area contributed by atoms with Gasteiger partial charge in [0.1, 0.15) is 0 Å². The Bertz CT molecular complexity index is 1120. The molecule has 0 saturated heterocycles. The third-order valence-electron chi connectivity index (χ3n) is 5.96. The zero-order valence-electron chi connectivity index (χ0n) is 16.7. The van der Waals surface area contributed by atoms with Crippen molar-refractivity contribution in [1.82, 2.24) is 9.88 Å². The number of aromatic nitrogens is 1. The second kappa shape index (κ2) is 9.03. The van der Waals surface area contributed by atoms with Gasteiger partial charge in [-0.25, -0.2) is 0 Å². The normalized spacial score (nSPS) is 15.9. The monoisotopic (exact) mass is 463 g/mol. The molecule has 0 aliphatic carbocycles.